The Morgan fingerprint density at radius 3 is 2.94 bits per heavy atom. The molecule has 0 radical (unpaired) electrons. The van der Waals surface area contributed by atoms with Gasteiger partial charge in [0, 0.05) is 30.5 Å². The molecule has 14 heteroatoms. The van der Waals surface area contributed by atoms with Gasteiger partial charge in [0.2, 0.25) is 0 Å². The normalized spacial score (nSPS) is 26.0. The van der Waals surface area contributed by atoms with Crippen molar-refractivity contribution in [2.24, 2.45) is 5.92 Å². The Morgan fingerprint density at radius 2 is 2.11 bits per heavy atom. The van der Waals surface area contributed by atoms with E-state index in [0.717, 1.165) is 43.7 Å². The van der Waals surface area contributed by atoms with E-state index in [2.05, 4.69) is 16.8 Å². The maximum absolute atomic E-state index is 17.2. The summed E-state index contributed by atoms with van der Waals surface area (Å²) in [6, 6.07) is 4.41. The molecule has 0 spiro atoms. The number of nitrogens with zero attached hydrogens (tertiary/aromatic N) is 5. The highest BCUT2D eigenvalue weighted by Gasteiger charge is 2.48. The highest BCUT2D eigenvalue weighted by atomic mass is 35.5. The van der Waals surface area contributed by atoms with Gasteiger partial charge in [0.1, 0.15) is 34.8 Å². The van der Waals surface area contributed by atoms with Crippen molar-refractivity contribution in [3.63, 3.8) is 0 Å². The van der Waals surface area contributed by atoms with Crippen LogP contribution in [0.4, 0.5) is 19.6 Å². The Labute approximate surface area is 278 Å². The van der Waals surface area contributed by atoms with E-state index in [1.165, 1.54) is 12.1 Å². The molecule has 0 bridgehead atoms. The second-order valence-electron chi connectivity index (χ2n) is 13.1. The van der Waals surface area contributed by atoms with E-state index >= 15 is 4.39 Å². The highest BCUT2D eigenvalue weighted by Crippen LogP contribution is 2.51. The zero-order valence-corrected chi connectivity index (χ0v) is 27.3. The van der Waals surface area contributed by atoms with Crippen LogP contribution in [-0.4, -0.2) is 83.7 Å². The van der Waals surface area contributed by atoms with Crippen LogP contribution in [0.25, 0.3) is 32.1 Å². The van der Waals surface area contributed by atoms with Crippen molar-refractivity contribution in [3.05, 3.63) is 34.4 Å². The van der Waals surface area contributed by atoms with Gasteiger partial charge < -0.3 is 30.0 Å². The minimum Gasteiger partial charge on any atom is -0.491 e. The monoisotopic (exact) mass is 682 g/mol. The third-order valence-electron chi connectivity index (χ3n) is 10.1. The number of thiophene rings is 1. The highest BCUT2D eigenvalue weighted by molar-refractivity contribution is 7.23. The predicted molar refractivity (Wildman–Crippen MR) is 175 cm³/mol. The lowest BCUT2D eigenvalue weighted by atomic mass is 9.92. The van der Waals surface area contributed by atoms with Crippen molar-refractivity contribution in [2.75, 3.05) is 56.7 Å². The van der Waals surface area contributed by atoms with E-state index in [-0.39, 0.29) is 90.8 Å². The molecule has 6 heterocycles. The number of fused-ring (bicyclic) bond motifs is 4. The Balaban J connectivity index is 1.36. The van der Waals surface area contributed by atoms with Crippen LogP contribution < -0.4 is 20.1 Å². The summed E-state index contributed by atoms with van der Waals surface area (Å²) < 4.78 is 50.8. The first-order valence-corrected chi connectivity index (χ1v) is 17.0. The second kappa shape index (κ2) is 11.6. The van der Waals surface area contributed by atoms with E-state index in [9.17, 15) is 14.8 Å². The molecule has 246 valence electrons. The molecule has 0 amide bonds. The minimum atomic E-state index is -0.815. The van der Waals surface area contributed by atoms with E-state index in [0.29, 0.717) is 31.4 Å². The zero-order chi connectivity index (χ0) is 32.6. The van der Waals surface area contributed by atoms with Gasteiger partial charge in [-0.05, 0) is 43.4 Å². The van der Waals surface area contributed by atoms with E-state index in [1.54, 1.807) is 0 Å². The molecule has 0 saturated carbocycles. The van der Waals surface area contributed by atoms with E-state index in [4.69, 9.17) is 36.5 Å². The van der Waals surface area contributed by atoms with Crippen LogP contribution in [0.3, 0.4) is 0 Å². The molecule has 3 saturated heterocycles. The molecule has 4 aliphatic rings. The number of rotatable bonds is 4. The lowest BCUT2D eigenvalue weighted by molar-refractivity contribution is 0.0530. The maximum Gasteiger partial charge on any atom is 0.319 e. The molecular weight excluding hydrogens is 650 g/mol. The first kappa shape index (κ1) is 30.8. The first-order chi connectivity index (χ1) is 22.7. The quantitative estimate of drug-likeness (QED) is 0.285. The molecule has 10 nitrogen and oxygen atoms in total. The van der Waals surface area contributed by atoms with E-state index in [1.807, 2.05) is 11.0 Å². The van der Waals surface area contributed by atoms with Gasteiger partial charge in [-0.1, -0.05) is 24.6 Å². The Kier molecular flexibility index (Phi) is 7.57. The van der Waals surface area contributed by atoms with Crippen molar-refractivity contribution in [2.45, 2.75) is 50.3 Å². The number of benzene rings is 2. The van der Waals surface area contributed by atoms with Crippen LogP contribution in [0, 0.1) is 28.9 Å². The standard InChI is InChI=1S/C33H33ClF2N6O4S/c1-16-9-33(6-2-7-41(33)11-16)15-46-32-39-27-24-28(45-8-5-17-13-44-14-18(43)12-42(17)31(24)40-32)25(34)23(26(27)36)19-3-4-21(35)29-22(19)20(10-37)30(38)47-29/h3-4,16-18,43H,2,5-9,11-15,38H2,1H3/t16-,17?,18?,33+/m1/s1. The van der Waals surface area contributed by atoms with Crippen LogP contribution in [0.5, 0.6) is 11.8 Å². The molecule has 0 aliphatic carbocycles. The predicted octanol–water partition coefficient (Wildman–Crippen LogP) is 5.50. The summed E-state index contributed by atoms with van der Waals surface area (Å²) >= 11 is 7.96. The number of hydrogen-bond donors (Lipinski definition) is 2. The van der Waals surface area contributed by atoms with Crippen LogP contribution in [0.15, 0.2) is 12.1 Å². The lowest BCUT2D eigenvalue weighted by Gasteiger charge is -2.35. The average molecular weight is 683 g/mol. The van der Waals surface area contributed by atoms with Crippen LogP contribution >= 0.6 is 22.9 Å². The van der Waals surface area contributed by atoms with Crippen molar-refractivity contribution in [1.82, 2.24) is 14.9 Å². The summed E-state index contributed by atoms with van der Waals surface area (Å²) in [7, 11) is 0. The van der Waals surface area contributed by atoms with E-state index < -0.39 is 17.7 Å². The largest absolute Gasteiger partial charge is 0.491 e. The lowest BCUT2D eigenvalue weighted by Crippen LogP contribution is -2.44. The number of hydrogen-bond acceptors (Lipinski definition) is 11. The summed E-state index contributed by atoms with van der Waals surface area (Å²) in [6.45, 7) is 5.45. The summed E-state index contributed by atoms with van der Waals surface area (Å²) in [4.78, 5) is 13.9. The first-order valence-electron chi connectivity index (χ1n) is 15.9. The molecule has 2 aromatic carbocycles. The maximum atomic E-state index is 17.2. The summed E-state index contributed by atoms with van der Waals surface area (Å²) in [5.41, 5.74) is 6.01. The molecule has 3 fully saturated rings. The number of aromatic nitrogens is 2. The molecule has 2 unspecified atom stereocenters. The van der Waals surface area contributed by atoms with Crippen LogP contribution in [0.1, 0.15) is 38.2 Å². The van der Waals surface area contributed by atoms with Crippen LogP contribution in [0.2, 0.25) is 5.02 Å². The summed E-state index contributed by atoms with van der Waals surface area (Å²) in [5, 5.41) is 21.2. The number of nitrogens with two attached hydrogens (primary N) is 1. The Hall–Kier alpha value is -3.54. The van der Waals surface area contributed by atoms with Gasteiger partial charge in [-0.25, -0.2) is 8.78 Å². The smallest absolute Gasteiger partial charge is 0.319 e. The SMILES string of the molecule is C[C@H]1CN2CCC[C@@]2(COc2nc3c4c(c(Cl)c(-c5ccc(F)c6sc(N)c(C#N)c56)c(F)c4n2)OCCC2COCC(O)CN32)C1. The van der Waals surface area contributed by atoms with Crippen LogP contribution in [-0.2, 0) is 4.74 Å². The number of nitriles is 1. The Bertz CT molecular complexity index is 1970. The van der Waals surface area contributed by atoms with Gasteiger partial charge in [0.25, 0.3) is 0 Å². The fourth-order valence-corrected chi connectivity index (χ4v) is 9.35. The molecule has 4 aliphatic heterocycles. The number of aliphatic hydroxyl groups excluding tert-OH is 1. The molecule has 3 N–H and O–H groups in total. The zero-order valence-electron chi connectivity index (χ0n) is 25.7. The number of aliphatic hydroxyl groups is 1. The molecule has 2 aromatic heterocycles. The van der Waals surface area contributed by atoms with Gasteiger partial charge in [0.05, 0.1) is 58.2 Å². The summed E-state index contributed by atoms with van der Waals surface area (Å²) in [6.07, 6.45) is 2.75. The third kappa shape index (κ3) is 4.87. The molecule has 8 rings (SSSR count). The number of ether oxygens (including phenoxy) is 3. The number of nitrogen functional groups attached to an aromatic ring is 1. The average Bonchev–Trinajstić information content (AvgIpc) is 3.64. The van der Waals surface area contributed by atoms with Crippen molar-refractivity contribution in [1.29, 1.82) is 5.26 Å². The topological polar surface area (TPSA) is 130 Å². The number of halogens is 3. The fraction of sp³-hybridized carbons (Fsp3) is 0.485. The van der Waals surface area contributed by atoms with Gasteiger partial charge in [-0.2, -0.15) is 15.2 Å². The molecule has 47 heavy (non-hydrogen) atoms. The fourth-order valence-electron chi connectivity index (χ4n) is 8.06. The molecular formula is C33H33ClF2N6O4S. The number of anilines is 2. The van der Waals surface area contributed by atoms with Gasteiger partial charge >= 0.3 is 6.01 Å². The summed E-state index contributed by atoms with van der Waals surface area (Å²) in [5.74, 6) is -0.375. The van der Waals surface area contributed by atoms with Crippen molar-refractivity contribution < 1.29 is 28.1 Å². The van der Waals surface area contributed by atoms with Crippen molar-refractivity contribution >= 4 is 54.7 Å². The third-order valence-corrected chi connectivity index (χ3v) is 11.4. The van der Waals surface area contributed by atoms with Gasteiger partial charge in [-0.3, -0.25) is 4.90 Å². The Morgan fingerprint density at radius 1 is 1.26 bits per heavy atom. The van der Waals surface area contributed by atoms with Gasteiger partial charge in [-0.15, -0.1) is 11.3 Å². The second-order valence-corrected chi connectivity index (χ2v) is 14.6. The van der Waals surface area contributed by atoms with Crippen molar-refractivity contribution in [3.8, 4) is 29.0 Å². The molecule has 4 aromatic rings. The minimum absolute atomic E-state index is 0.00729. The van der Waals surface area contributed by atoms with Gasteiger partial charge in [0.15, 0.2) is 11.6 Å². The molecule has 4 atom stereocenters.